The van der Waals surface area contributed by atoms with Crippen LogP contribution in [0.15, 0.2) is 12.4 Å². The van der Waals surface area contributed by atoms with E-state index < -0.39 is 6.09 Å². The van der Waals surface area contributed by atoms with Crippen molar-refractivity contribution in [1.29, 1.82) is 0 Å². The standard InChI is InChI=1S/C11H17N5O2/c12-9-6-14-5-8(15-9)10(16-11(17)18)7-1-3-13-4-2-7/h5-7,10,13,16H,1-4H2,(H2,12,15)(H,17,18). The number of piperidine rings is 1. The molecule has 2 rings (SSSR count). The van der Waals surface area contributed by atoms with Crippen molar-refractivity contribution in [3.8, 4) is 0 Å². The third kappa shape index (κ3) is 3.07. The van der Waals surface area contributed by atoms with E-state index in [1.54, 1.807) is 6.20 Å². The van der Waals surface area contributed by atoms with Gasteiger partial charge in [0.1, 0.15) is 5.82 Å². The first-order chi connectivity index (χ1) is 8.66. The van der Waals surface area contributed by atoms with Gasteiger partial charge in [0.15, 0.2) is 0 Å². The van der Waals surface area contributed by atoms with Crippen LogP contribution in [-0.2, 0) is 0 Å². The Morgan fingerprint density at radius 3 is 2.83 bits per heavy atom. The van der Waals surface area contributed by atoms with Crippen LogP contribution in [0.3, 0.4) is 0 Å². The second kappa shape index (κ2) is 5.63. The second-order valence-corrected chi connectivity index (χ2v) is 4.38. The van der Waals surface area contributed by atoms with Crippen LogP contribution in [0.5, 0.6) is 0 Å². The van der Waals surface area contributed by atoms with Crippen molar-refractivity contribution in [2.24, 2.45) is 5.92 Å². The summed E-state index contributed by atoms with van der Waals surface area (Å²) < 4.78 is 0. The summed E-state index contributed by atoms with van der Waals surface area (Å²) in [5, 5.41) is 14.7. The Morgan fingerprint density at radius 2 is 2.22 bits per heavy atom. The fourth-order valence-corrected chi connectivity index (χ4v) is 2.29. The van der Waals surface area contributed by atoms with E-state index in [1.807, 2.05) is 0 Å². The van der Waals surface area contributed by atoms with Gasteiger partial charge in [0.2, 0.25) is 0 Å². The topological polar surface area (TPSA) is 113 Å². The highest BCUT2D eigenvalue weighted by molar-refractivity contribution is 5.65. The van der Waals surface area contributed by atoms with E-state index in [9.17, 15) is 4.79 Å². The van der Waals surface area contributed by atoms with E-state index in [4.69, 9.17) is 10.8 Å². The fourth-order valence-electron chi connectivity index (χ4n) is 2.29. The van der Waals surface area contributed by atoms with Crippen LogP contribution in [-0.4, -0.2) is 34.3 Å². The van der Waals surface area contributed by atoms with Crippen molar-refractivity contribution in [2.75, 3.05) is 18.8 Å². The molecule has 2 heterocycles. The summed E-state index contributed by atoms with van der Waals surface area (Å²) in [6.45, 7) is 1.77. The molecule has 1 aromatic rings. The zero-order chi connectivity index (χ0) is 13.0. The van der Waals surface area contributed by atoms with Crippen molar-refractivity contribution < 1.29 is 9.90 Å². The molecule has 0 bridgehead atoms. The second-order valence-electron chi connectivity index (χ2n) is 4.38. The van der Waals surface area contributed by atoms with Gasteiger partial charge < -0.3 is 21.5 Å². The predicted molar refractivity (Wildman–Crippen MR) is 65.9 cm³/mol. The lowest BCUT2D eigenvalue weighted by atomic mass is 9.88. The first kappa shape index (κ1) is 12.6. The number of nitrogens with zero attached hydrogens (tertiary/aromatic N) is 2. The molecule has 0 aromatic carbocycles. The number of aromatic nitrogens is 2. The van der Waals surface area contributed by atoms with Crippen LogP contribution in [0.4, 0.5) is 10.6 Å². The van der Waals surface area contributed by atoms with E-state index in [2.05, 4.69) is 20.6 Å². The molecule has 98 valence electrons. The van der Waals surface area contributed by atoms with Crippen LogP contribution in [0, 0.1) is 5.92 Å². The molecule has 1 amide bonds. The van der Waals surface area contributed by atoms with Gasteiger partial charge in [-0.25, -0.2) is 9.78 Å². The van der Waals surface area contributed by atoms with Crippen LogP contribution in [0.1, 0.15) is 24.6 Å². The normalized spacial score (nSPS) is 18.2. The van der Waals surface area contributed by atoms with E-state index in [1.165, 1.54) is 6.20 Å². The number of nitrogens with two attached hydrogens (primary N) is 1. The highest BCUT2D eigenvalue weighted by atomic mass is 16.4. The number of carboxylic acid groups (broad SMARTS) is 1. The molecule has 0 spiro atoms. The first-order valence-corrected chi connectivity index (χ1v) is 5.94. The lowest BCUT2D eigenvalue weighted by molar-refractivity contribution is 0.179. The van der Waals surface area contributed by atoms with E-state index in [0.29, 0.717) is 11.5 Å². The number of hydrogen-bond donors (Lipinski definition) is 4. The summed E-state index contributed by atoms with van der Waals surface area (Å²) >= 11 is 0. The van der Waals surface area contributed by atoms with Gasteiger partial charge >= 0.3 is 6.09 Å². The zero-order valence-electron chi connectivity index (χ0n) is 9.97. The lowest BCUT2D eigenvalue weighted by Crippen LogP contribution is -2.38. The molecule has 1 atom stereocenters. The molecule has 0 aliphatic carbocycles. The number of amides is 1. The van der Waals surface area contributed by atoms with Crippen LogP contribution in [0.25, 0.3) is 0 Å². The smallest absolute Gasteiger partial charge is 0.405 e. The Hall–Kier alpha value is -1.89. The first-order valence-electron chi connectivity index (χ1n) is 5.94. The summed E-state index contributed by atoms with van der Waals surface area (Å²) in [7, 11) is 0. The maximum absolute atomic E-state index is 10.9. The monoisotopic (exact) mass is 251 g/mol. The molecule has 1 aliphatic rings. The highest BCUT2D eigenvalue weighted by Gasteiger charge is 2.27. The van der Waals surface area contributed by atoms with Crippen molar-refractivity contribution in [3.05, 3.63) is 18.1 Å². The third-order valence-corrected chi connectivity index (χ3v) is 3.12. The molecule has 1 fully saturated rings. The number of hydrogen-bond acceptors (Lipinski definition) is 5. The molecule has 1 aromatic heterocycles. The average Bonchev–Trinajstić information content (AvgIpc) is 2.37. The summed E-state index contributed by atoms with van der Waals surface area (Å²) in [5.41, 5.74) is 6.18. The quantitative estimate of drug-likeness (QED) is 0.617. The molecular weight excluding hydrogens is 234 g/mol. The zero-order valence-corrected chi connectivity index (χ0v) is 9.97. The summed E-state index contributed by atoms with van der Waals surface area (Å²) in [6, 6.07) is -0.347. The summed E-state index contributed by atoms with van der Waals surface area (Å²) in [5.74, 6) is 0.525. The number of anilines is 1. The molecule has 18 heavy (non-hydrogen) atoms. The minimum Gasteiger partial charge on any atom is -0.465 e. The molecule has 1 aliphatic heterocycles. The van der Waals surface area contributed by atoms with Gasteiger partial charge in [-0.05, 0) is 31.8 Å². The minimum atomic E-state index is -1.05. The highest BCUT2D eigenvalue weighted by Crippen LogP contribution is 2.27. The van der Waals surface area contributed by atoms with Crippen LogP contribution >= 0.6 is 0 Å². The number of carbonyl (C=O) groups is 1. The van der Waals surface area contributed by atoms with Gasteiger partial charge in [-0.1, -0.05) is 0 Å². The molecule has 1 unspecified atom stereocenters. The van der Waals surface area contributed by atoms with Crippen molar-refractivity contribution >= 4 is 11.9 Å². The summed E-state index contributed by atoms with van der Waals surface area (Å²) in [6.07, 6.45) is 3.77. The van der Waals surface area contributed by atoms with Gasteiger partial charge in [0, 0.05) is 0 Å². The Kier molecular flexibility index (Phi) is 3.93. The Bertz CT molecular complexity index is 420. The average molecular weight is 251 g/mol. The minimum absolute atomic E-state index is 0.221. The maximum atomic E-state index is 10.9. The molecule has 0 saturated carbocycles. The number of rotatable bonds is 3. The SMILES string of the molecule is Nc1cncc(C(NC(=O)O)C2CCNCC2)n1. The Morgan fingerprint density at radius 1 is 1.50 bits per heavy atom. The number of nitrogens with one attached hydrogen (secondary N) is 2. The molecular formula is C11H17N5O2. The van der Waals surface area contributed by atoms with Gasteiger partial charge in [0.05, 0.1) is 24.1 Å². The summed E-state index contributed by atoms with van der Waals surface area (Å²) in [4.78, 5) is 19.0. The third-order valence-electron chi connectivity index (χ3n) is 3.12. The van der Waals surface area contributed by atoms with Gasteiger partial charge in [0.25, 0.3) is 0 Å². The molecule has 7 nitrogen and oxygen atoms in total. The predicted octanol–water partition coefficient (Wildman–Crippen LogP) is 0.367. The van der Waals surface area contributed by atoms with E-state index in [0.717, 1.165) is 25.9 Å². The van der Waals surface area contributed by atoms with Gasteiger partial charge in [-0.3, -0.25) is 4.98 Å². The largest absolute Gasteiger partial charge is 0.465 e. The van der Waals surface area contributed by atoms with Crippen molar-refractivity contribution in [1.82, 2.24) is 20.6 Å². The molecule has 0 radical (unpaired) electrons. The van der Waals surface area contributed by atoms with Crippen LogP contribution in [0.2, 0.25) is 0 Å². The molecule has 1 saturated heterocycles. The van der Waals surface area contributed by atoms with Crippen molar-refractivity contribution in [2.45, 2.75) is 18.9 Å². The van der Waals surface area contributed by atoms with Gasteiger partial charge in [-0.15, -0.1) is 0 Å². The lowest BCUT2D eigenvalue weighted by Gasteiger charge is -2.30. The van der Waals surface area contributed by atoms with Crippen molar-refractivity contribution in [3.63, 3.8) is 0 Å². The van der Waals surface area contributed by atoms with Gasteiger partial charge in [-0.2, -0.15) is 0 Å². The Balaban J connectivity index is 2.20. The van der Waals surface area contributed by atoms with E-state index >= 15 is 0 Å². The number of nitrogen functional groups attached to an aromatic ring is 1. The molecule has 7 heteroatoms. The van der Waals surface area contributed by atoms with Crippen LogP contribution < -0.4 is 16.4 Å². The Labute approximate surface area is 105 Å². The van der Waals surface area contributed by atoms with E-state index in [-0.39, 0.29) is 12.0 Å². The maximum Gasteiger partial charge on any atom is 0.405 e. The fraction of sp³-hybridized carbons (Fsp3) is 0.545. The molecule has 5 N–H and O–H groups in total.